The Morgan fingerprint density at radius 2 is 2.00 bits per heavy atom. The SMILES string of the molecule is CCN1C[C@]2(C[C@@H](O)C2)n2cc(C(=O)NCc3ccc(F)cc3F)c(=O)c(O)c2C1=O. The fourth-order valence-electron chi connectivity index (χ4n) is 4.33. The molecule has 164 valence electrons. The molecule has 1 aromatic carbocycles. The second kappa shape index (κ2) is 7.45. The first-order chi connectivity index (χ1) is 14.7. The number of benzene rings is 1. The van der Waals surface area contributed by atoms with Crippen molar-refractivity contribution in [1.82, 2.24) is 14.8 Å². The number of aromatic nitrogens is 1. The van der Waals surface area contributed by atoms with Crippen molar-refractivity contribution in [2.45, 2.75) is 38.0 Å². The van der Waals surface area contributed by atoms with Crippen LogP contribution in [0.25, 0.3) is 0 Å². The van der Waals surface area contributed by atoms with Crippen molar-refractivity contribution in [3.63, 3.8) is 0 Å². The van der Waals surface area contributed by atoms with Gasteiger partial charge in [-0.1, -0.05) is 6.07 Å². The first-order valence-corrected chi connectivity index (χ1v) is 9.85. The molecular formula is C21H21F2N3O5. The number of aromatic hydroxyl groups is 1. The lowest BCUT2D eigenvalue weighted by molar-refractivity contribution is -0.0481. The maximum Gasteiger partial charge on any atom is 0.274 e. The smallest absolute Gasteiger partial charge is 0.274 e. The number of carbonyl (C=O) groups is 2. The van der Waals surface area contributed by atoms with E-state index in [9.17, 15) is 33.4 Å². The van der Waals surface area contributed by atoms with Gasteiger partial charge in [0.2, 0.25) is 5.43 Å². The quantitative estimate of drug-likeness (QED) is 0.668. The third kappa shape index (κ3) is 3.36. The highest BCUT2D eigenvalue weighted by molar-refractivity contribution is 5.99. The summed E-state index contributed by atoms with van der Waals surface area (Å²) in [6, 6.07) is 2.89. The number of halogens is 2. The van der Waals surface area contributed by atoms with Crippen LogP contribution in [0, 0.1) is 11.6 Å². The third-order valence-electron chi connectivity index (χ3n) is 5.98. The zero-order valence-corrected chi connectivity index (χ0v) is 16.7. The first-order valence-electron chi connectivity index (χ1n) is 9.85. The molecule has 10 heteroatoms. The van der Waals surface area contributed by atoms with E-state index in [1.165, 1.54) is 21.7 Å². The Morgan fingerprint density at radius 3 is 2.61 bits per heavy atom. The zero-order chi connectivity index (χ0) is 22.5. The molecular weight excluding hydrogens is 412 g/mol. The fraction of sp³-hybridized carbons (Fsp3) is 0.381. The fourth-order valence-corrected chi connectivity index (χ4v) is 4.33. The number of aliphatic hydroxyl groups excluding tert-OH is 1. The topological polar surface area (TPSA) is 112 Å². The van der Waals surface area contributed by atoms with Gasteiger partial charge >= 0.3 is 0 Å². The van der Waals surface area contributed by atoms with E-state index in [4.69, 9.17) is 0 Å². The number of hydrogen-bond acceptors (Lipinski definition) is 5. The maximum atomic E-state index is 13.8. The second-order valence-corrected chi connectivity index (χ2v) is 7.96. The third-order valence-corrected chi connectivity index (χ3v) is 5.98. The summed E-state index contributed by atoms with van der Waals surface area (Å²) >= 11 is 0. The molecule has 8 nitrogen and oxygen atoms in total. The van der Waals surface area contributed by atoms with Gasteiger partial charge in [-0.3, -0.25) is 14.4 Å². The van der Waals surface area contributed by atoms with Crippen LogP contribution in [-0.4, -0.2) is 50.7 Å². The number of likely N-dealkylation sites (N-methyl/N-ethyl adjacent to an activating group) is 1. The number of hydrogen-bond donors (Lipinski definition) is 3. The summed E-state index contributed by atoms with van der Waals surface area (Å²) in [6.45, 7) is 2.09. The van der Waals surface area contributed by atoms with Crippen molar-refractivity contribution in [3.05, 3.63) is 63.1 Å². The van der Waals surface area contributed by atoms with Gasteiger partial charge in [0.15, 0.2) is 11.4 Å². The molecule has 31 heavy (non-hydrogen) atoms. The Balaban J connectivity index is 1.70. The largest absolute Gasteiger partial charge is 0.503 e. The van der Waals surface area contributed by atoms with Crippen molar-refractivity contribution >= 4 is 11.8 Å². The van der Waals surface area contributed by atoms with Crippen LogP contribution < -0.4 is 10.7 Å². The van der Waals surface area contributed by atoms with Gasteiger partial charge in [0.25, 0.3) is 11.8 Å². The highest BCUT2D eigenvalue weighted by Gasteiger charge is 2.52. The average Bonchev–Trinajstić information content (AvgIpc) is 2.70. The Hall–Kier alpha value is -3.27. The number of rotatable bonds is 4. The van der Waals surface area contributed by atoms with Crippen molar-refractivity contribution in [3.8, 4) is 5.75 Å². The van der Waals surface area contributed by atoms with Crippen LogP contribution in [0.3, 0.4) is 0 Å². The molecule has 0 radical (unpaired) electrons. The molecule has 0 saturated heterocycles. The van der Waals surface area contributed by atoms with Crippen LogP contribution >= 0.6 is 0 Å². The molecule has 1 aliphatic carbocycles. The molecule has 1 saturated carbocycles. The van der Waals surface area contributed by atoms with Gasteiger partial charge in [0, 0.05) is 37.5 Å². The van der Waals surface area contributed by atoms with Gasteiger partial charge in [-0.25, -0.2) is 8.78 Å². The van der Waals surface area contributed by atoms with Crippen LogP contribution in [0.2, 0.25) is 0 Å². The van der Waals surface area contributed by atoms with Crippen molar-refractivity contribution in [1.29, 1.82) is 0 Å². The summed E-state index contributed by atoms with van der Waals surface area (Å²) in [5.74, 6) is -3.86. The van der Waals surface area contributed by atoms with Gasteiger partial charge < -0.3 is 25.0 Å². The molecule has 2 aliphatic rings. The maximum absolute atomic E-state index is 13.8. The zero-order valence-electron chi connectivity index (χ0n) is 16.7. The van der Waals surface area contributed by atoms with Crippen LogP contribution in [0.4, 0.5) is 8.78 Å². The number of pyridine rings is 1. The average molecular weight is 433 g/mol. The monoisotopic (exact) mass is 433 g/mol. The Bertz CT molecular complexity index is 1140. The summed E-state index contributed by atoms with van der Waals surface area (Å²) in [4.78, 5) is 39.6. The molecule has 1 spiro atoms. The lowest BCUT2D eigenvalue weighted by Crippen LogP contribution is -2.61. The molecule has 1 fully saturated rings. The Morgan fingerprint density at radius 1 is 1.29 bits per heavy atom. The minimum atomic E-state index is -1.02. The molecule has 3 N–H and O–H groups in total. The highest BCUT2D eigenvalue weighted by atomic mass is 19.1. The van der Waals surface area contributed by atoms with Gasteiger partial charge in [0.05, 0.1) is 11.6 Å². The Kier molecular flexibility index (Phi) is 5.04. The normalized spacial score (nSPS) is 22.3. The summed E-state index contributed by atoms with van der Waals surface area (Å²) in [7, 11) is 0. The molecule has 0 unspecified atom stereocenters. The van der Waals surface area contributed by atoms with Gasteiger partial charge in [0.1, 0.15) is 17.2 Å². The minimum absolute atomic E-state index is 0.0179. The molecule has 2 heterocycles. The molecule has 1 aliphatic heterocycles. The standard InChI is InChI=1S/C21H21F2N3O5/c1-2-25-10-21(6-13(27)7-21)26-9-14(17(28)18(29)16(26)20(25)31)19(30)24-8-11-3-4-12(22)5-15(11)23/h3-5,9,13,27,29H,2,6-8,10H2,1H3,(H,24,30)/t13-,21-. The molecule has 0 atom stereocenters. The van der Waals surface area contributed by atoms with E-state index >= 15 is 0 Å². The van der Waals surface area contributed by atoms with Crippen molar-refractivity contribution in [2.75, 3.05) is 13.1 Å². The van der Waals surface area contributed by atoms with E-state index < -0.39 is 51.8 Å². The predicted molar refractivity (Wildman–Crippen MR) is 105 cm³/mol. The number of aliphatic hydroxyl groups is 1. The van der Waals surface area contributed by atoms with E-state index in [-0.39, 0.29) is 24.3 Å². The predicted octanol–water partition coefficient (Wildman–Crippen LogP) is 1.09. The number of amides is 2. The van der Waals surface area contributed by atoms with E-state index in [1.807, 2.05) is 0 Å². The van der Waals surface area contributed by atoms with E-state index in [0.717, 1.165) is 6.07 Å². The van der Waals surface area contributed by atoms with Gasteiger partial charge in [-0.2, -0.15) is 0 Å². The van der Waals surface area contributed by atoms with E-state index in [1.54, 1.807) is 6.92 Å². The number of nitrogens with zero attached hydrogens (tertiary/aromatic N) is 2. The lowest BCUT2D eigenvalue weighted by atomic mass is 9.72. The van der Waals surface area contributed by atoms with Gasteiger partial charge in [-0.05, 0) is 25.8 Å². The number of fused-ring (bicyclic) bond motifs is 2. The molecule has 0 bridgehead atoms. The minimum Gasteiger partial charge on any atom is -0.503 e. The summed E-state index contributed by atoms with van der Waals surface area (Å²) in [6.07, 6.45) is 1.21. The molecule has 2 aromatic rings. The first kappa shape index (κ1) is 21.0. The summed E-state index contributed by atoms with van der Waals surface area (Å²) in [5, 5.41) is 22.8. The van der Waals surface area contributed by atoms with Crippen molar-refractivity contribution < 1.29 is 28.6 Å². The summed E-state index contributed by atoms with van der Waals surface area (Å²) in [5.41, 5.74) is -2.37. The summed E-state index contributed by atoms with van der Waals surface area (Å²) < 4.78 is 28.3. The second-order valence-electron chi connectivity index (χ2n) is 7.96. The number of carbonyl (C=O) groups excluding carboxylic acids is 2. The molecule has 2 amide bonds. The van der Waals surface area contributed by atoms with Crippen LogP contribution in [-0.2, 0) is 12.1 Å². The lowest BCUT2D eigenvalue weighted by Gasteiger charge is -2.53. The number of nitrogens with one attached hydrogen (secondary N) is 1. The molecule has 4 rings (SSSR count). The van der Waals surface area contributed by atoms with Gasteiger partial charge in [-0.15, -0.1) is 0 Å². The highest BCUT2D eigenvalue weighted by Crippen LogP contribution is 2.44. The van der Waals surface area contributed by atoms with Crippen LogP contribution in [0.1, 0.15) is 46.2 Å². The van der Waals surface area contributed by atoms with E-state index in [0.29, 0.717) is 25.5 Å². The Labute approximate surface area is 175 Å². The van der Waals surface area contributed by atoms with Crippen molar-refractivity contribution in [2.24, 2.45) is 0 Å². The van der Waals surface area contributed by atoms with E-state index in [2.05, 4.69) is 5.32 Å². The molecule has 1 aromatic heterocycles. The van der Waals surface area contributed by atoms with Crippen LogP contribution in [0.15, 0.2) is 29.2 Å². The van der Waals surface area contributed by atoms with Crippen LogP contribution in [0.5, 0.6) is 5.75 Å².